The van der Waals surface area contributed by atoms with Gasteiger partial charge in [0.1, 0.15) is 0 Å². The van der Waals surface area contributed by atoms with Crippen LogP contribution in [0.4, 0.5) is 0 Å². The normalized spacial score (nSPS) is 13.9. The molecule has 0 spiro atoms. The predicted octanol–water partition coefficient (Wildman–Crippen LogP) is 4.24. The topological polar surface area (TPSA) is 46.9 Å². The molecule has 0 fully saturated rings. The lowest BCUT2D eigenvalue weighted by Crippen LogP contribution is -2.31. The molecule has 1 N–H and O–H groups in total. The lowest BCUT2D eigenvalue weighted by molar-refractivity contribution is 0.117. The second-order valence-electron chi connectivity index (χ2n) is 7.03. The summed E-state index contributed by atoms with van der Waals surface area (Å²) in [6.07, 6.45) is 1.58. The zero-order valence-corrected chi connectivity index (χ0v) is 16.5. The number of fused-ring (bicyclic) bond motifs is 1. The number of aliphatic hydroxyl groups is 1. The summed E-state index contributed by atoms with van der Waals surface area (Å²) in [7, 11) is 0. The van der Waals surface area contributed by atoms with Gasteiger partial charge in [-0.2, -0.15) is 0 Å². The Kier molecular flexibility index (Phi) is 5.57. The Morgan fingerprint density at radius 1 is 1.07 bits per heavy atom. The molecule has 2 heterocycles. The van der Waals surface area contributed by atoms with Crippen molar-refractivity contribution in [1.82, 2.24) is 9.47 Å². The molecule has 1 aliphatic rings. The SMILES string of the molecule is C[C@@H](O)CN(Cc1ccc2c(c1)OCO2)Cc1cccn1-c1ccccc1Cl. The Morgan fingerprint density at radius 3 is 2.71 bits per heavy atom. The van der Waals surface area contributed by atoms with Crippen molar-refractivity contribution in [2.75, 3.05) is 13.3 Å². The molecule has 5 nitrogen and oxygen atoms in total. The second kappa shape index (κ2) is 8.27. The highest BCUT2D eigenvalue weighted by Crippen LogP contribution is 2.33. The Labute approximate surface area is 169 Å². The van der Waals surface area contributed by atoms with E-state index in [0.29, 0.717) is 24.7 Å². The first-order valence-electron chi connectivity index (χ1n) is 9.30. The van der Waals surface area contributed by atoms with Crippen LogP contribution in [0.1, 0.15) is 18.2 Å². The van der Waals surface area contributed by atoms with Gasteiger partial charge >= 0.3 is 0 Å². The molecule has 0 unspecified atom stereocenters. The summed E-state index contributed by atoms with van der Waals surface area (Å²) in [5, 5.41) is 10.7. The van der Waals surface area contributed by atoms with Crippen LogP contribution in [-0.4, -0.2) is 34.0 Å². The third-order valence-electron chi connectivity index (χ3n) is 4.70. The third-order valence-corrected chi connectivity index (χ3v) is 5.02. The average molecular weight is 399 g/mol. The highest BCUT2D eigenvalue weighted by molar-refractivity contribution is 6.32. The van der Waals surface area contributed by atoms with E-state index in [1.807, 2.05) is 54.7 Å². The zero-order chi connectivity index (χ0) is 19.5. The summed E-state index contributed by atoms with van der Waals surface area (Å²) >= 11 is 6.39. The number of ether oxygens (including phenoxy) is 2. The first kappa shape index (κ1) is 18.9. The molecule has 28 heavy (non-hydrogen) atoms. The Bertz CT molecular complexity index is 954. The summed E-state index contributed by atoms with van der Waals surface area (Å²) in [4.78, 5) is 2.21. The molecular weight excluding hydrogens is 376 g/mol. The molecule has 2 aromatic carbocycles. The Morgan fingerprint density at radius 2 is 1.89 bits per heavy atom. The maximum absolute atomic E-state index is 10.0. The summed E-state index contributed by atoms with van der Waals surface area (Å²) < 4.78 is 13.0. The maximum atomic E-state index is 10.0. The highest BCUT2D eigenvalue weighted by atomic mass is 35.5. The number of benzene rings is 2. The van der Waals surface area contributed by atoms with Gasteiger partial charge in [0.05, 0.1) is 16.8 Å². The zero-order valence-electron chi connectivity index (χ0n) is 15.7. The van der Waals surface area contributed by atoms with Gasteiger partial charge in [-0.3, -0.25) is 4.90 Å². The Balaban J connectivity index is 1.56. The summed E-state index contributed by atoms with van der Waals surface area (Å²) in [6, 6.07) is 17.9. The van der Waals surface area contributed by atoms with Crippen LogP contribution >= 0.6 is 11.6 Å². The molecule has 0 bridgehead atoms. The number of rotatable bonds is 7. The third kappa shape index (κ3) is 4.17. The van der Waals surface area contributed by atoms with E-state index in [0.717, 1.165) is 28.4 Å². The van der Waals surface area contributed by atoms with Crippen LogP contribution in [0.5, 0.6) is 11.5 Å². The van der Waals surface area contributed by atoms with Gasteiger partial charge < -0.3 is 19.1 Å². The first-order valence-corrected chi connectivity index (χ1v) is 9.68. The molecule has 1 aromatic heterocycles. The highest BCUT2D eigenvalue weighted by Gasteiger charge is 2.17. The van der Waals surface area contributed by atoms with Crippen LogP contribution < -0.4 is 9.47 Å². The van der Waals surface area contributed by atoms with Crippen molar-refractivity contribution in [2.45, 2.75) is 26.1 Å². The van der Waals surface area contributed by atoms with Crippen LogP contribution in [0, 0.1) is 0 Å². The van der Waals surface area contributed by atoms with Crippen LogP contribution in [0.3, 0.4) is 0 Å². The molecule has 1 aliphatic heterocycles. The molecule has 6 heteroatoms. The molecule has 0 amide bonds. The molecule has 3 aromatic rings. The molecule has 1 atom stereocenters. The van der Waals surface area contributed by atoms with Gasteiger partial charge in [0.2, 0.25) is 6.79 Å². The summed E-state index contributed by atoms with van der Waals surface area (Å²) in [5.41, 5.74) is 3.17. The Hall–Kier alpha value is -2.47. The van der Waals surface area contributed by atoms with Crippen molar-refractivity contribution in [2.24, 2.45) is 0 Å². The van der Waals surface area contributed by atoms with E-state index in [1.54, 1.807) is 6.92 Å². The van der Waals surface area contributed by atoms with Crippen molar-refractivity contribution in [3.8, 4) is 17.2 Å². The molecule has 146 valence electrons. The number of hydrogen-bond donors (Lipinski definition) is 1. The van der Waals surface area contributed by atoms with Gasteiger partial charge in [-0.1, -0.05) is 29.8 Å². The summed E-state index contributed by atoms with van der Waals surface area (Å²) in [6.45, 7) is 4.00. The molecule has 0 saturated heterocycles. The van der Waals surface area contributed by atoms with Gasteiger partial charge in [-0.25, -0.2) is 0 Å². The van der Waals surface area contributed by atoms with Gasteiger partial charge in [0, 0.05) is 31.5 Å². The van der Waals surface area contributed by atoms with Crippen molar-refractivity contribution < 1.29 is 14.6 Å². The minimum atomic E-state index is -0.433. The predicted molar refractivity (Wildman–Crippen MR) is 109 cm³/mol. The van der Waals surface area contributed by atoms with Crippen LogP contribution in [0.25, 0.3) is 5.69 Å². The molecular formula is C22H23ClN2O3. The number of aromatic nitrogens is 1. The molecule has 0 aliphatic carbocycles. The number of para-hydroxylation sites is 1. The van der Waals surface area contributed by atoms with Crippen LogP contribution in [-0.2, 0) is 13.1 Å². The fraction of sp³-hybridized carbons (Fsp3) is 0.273. The van der Waals surface area contributed by atoms with Gasteiger partial charge in [-0.05, 0) is 48.9 Å². The van der Waals surface area contributed by atoms with E-state index < -0.39 is 6.10 Å². The minimum absolute atomic E-state index is 0.265. The van der Waals surface area contributed by atoms with E-state index in [4.69, 9.17) is 21.1 Å². The van der Waals surface area contributed by atoms with Crippen molar-refractivity contribution >= 4 is 11.6 Å². The summed E-state index contributed by atoms with van der Waals surface area (Å²) in [5.74, 6) is 1.55. The molecule has 0 radical (unpaired) electrons. The van der Waals surface area contributed by atoms with E-state index in [1.165, 1.54) is 0 Å². The van der Waals surface area contributed by atoms with Crippen molar-refractivity contribution in [3.63, 3.8) is 0 Å². The first-order chi connectivity index (χ1) is 13.6. The standard InChI is InChI=1S/C22H23ClN2O3/c1-16(26)12-24(13-17-8-9-21-22(11-17)28-15-27-21)14-18-5-4-10-25(18)20-7-3-2-6-19(20)23/h2-11,16,26H,12-15H2,1H3/t16-/m1/s1. The smallest absolute Gasteiger partial charge is 0.231 e. The van der Waals surface area contributed by atoms with Crippen LogP contribution in [0.15, 0.2) is 60.8 Å². The minimum Gasteiger partial charge on any atom is -0.454 e. The molecule has 0 saturated carbocycles. The second-order valence-corrected chi connectivity index (χ2v) is 7.43. The average Bonchev–Trinajstić information content (AvgIpc) is 3.30. The van der Waals surface area contributed by atoms with E-state index >= 15 is 0 Å². The van der Waals surface area contributed by atoms with E-state index in [-0.39, 0.29) is 6.79 Å². The van der Waals surface area contributed by atoms with Crippen LogP contribution in [0.2, 0.25) is 5.02 Å². The lowest BCUT2D eigenvalue weighted by atomic mass is 10.1. The van der Waals surface area contributed by atoms with Crippen molar-refractivity contribution in [1.29, 1.82) is 0 Å². The number of nitrogens with zero attached hydrogens (tertiary/aromatic N) is 2. The number of halogens is 1. The maximum Gasteiger partial charge on any atom is 0.231 e. The number of aliphatic hydroxyl groups excluding tert-OH is 1. The lowest BCUT2D eigenvalue weighted by Gasteiger charge is -2.25. The largest absolute Gasteiger partial charge is 0.454 e. The monoisotopic (exact) mass is 398 g/mol. The van der Waals surface area contributed by atoms with Gasteiger partial charge in [0.25, 0.3) is 0 Å². The van der Waals surface area contributed by atoms with E-state index in [9.17, 15) is 5.11 Å². The van der Waals surface area contributed by atoms with E-state index in [2.05, 4.69) is 15.5 Å². The fourth-order valence-electron chi connectivity index (χ4n) is 3.51. The van der Waals surface area contributed by atoms with Gasteiger partial charge in [-0.15, -0.1) is 0 Å². The van der Waals surface area contributed by atoms with Gasteiger partial charge in [0.15, 0.2) is 11.5 Å². The van der Waals surface area contributed by atoms with Crippen molar-refractivity contribution in [3.05, 3.63) is 77.1 Å². The molecule has 4 rings (SSSR count). The number of hydrogen-bond acceptors (Lipinski definition) is 4. The fourth-order valence-corrected chi connectivity index (χ4v) is 3.74. The quantitative estimate of drug-likeness (QED) is 0.646.